The van der Waals surface area contributed by atoms with Gasteiger partial charge in [0.1, 0.15) is 5.82 Å². The highest BCUT2D eigenvalue weighted by Gasteiger charge is 2.20. The fraction of sp³-hybridized carbons (Fsp3) is 0.294. The fourth-order valence-electron chi connectivity index (χ4n) is 2.52. The van der Waals surface area contributed by atoms with Gasteiger partial charge in [0.25, 0.3) is 0 Å². The second-order valence-electron chi connectivity index (χ2n) is 5.31. The predicted octanol–water partition coefficient (Wildman–Crippen LogP) is 2.85. The van der Waals surface area contributed by atoms with Crippen LogP contribution in [0, 0.1) is 11.3 Å². The number of aryl methyl sites for hydroxylation is 1. The summed E-state index contributed by atoms with van der Waals surface area (Å²) < 4.78 is 4.65. The van der Waals surface area contributed by atoms with E-state index >= 15 is 0 Å². The van der Waals surface area contributed by atoms with Crippen molar-refractivity contribution >= 4 is 29.2 Å². The molecule has 24 heavy (non-hydrogen) atoms. The van der Waals surface area contributed by atoms with Gasteiger partial charge in [-0.2, -0.15) is 5.26 Å². The summed E-state index contributed by atoms with van der Waals surface area (Å²) in [6.07, 6.45) is 2.92. The van der Waals surface area contributed by atoms with Gasteiger partial charge in [0, 0.05) is 11.3 Å². The van der Waals surface area contributed by atoms with Crippen LogP contribution in [0.3, 0.4) is 0 Å². The molecule has 122 valence electrons. The number of nitrogens with one attached hydrogen (secondary N) is 1. The van der Waals surface area contributed by atoms with Crippen LogP contribution in [0.2, 0.25) is 0 Å². The van der Waals surface area contributed by atoms with Gasteiger partial charge in [-0.3, -0.25) is 4.79 Å². The molecule has 0 fully saturated rings. The minimum absolute atomic E-state index is 0.186. The number of aromatic nitrogens is 2. The minimum atomic E-state index is -0.300. The van der Waals surface area contributed by atoms with Crippen molar-refractivity contribution in [1.29, 1.82) is 5.26 Å². The van der Waals surface area contributed by atoms with Crippen molar-refractivity contribution in [1.82, 2.24) is 9.97 Å². The molecule has 2 aromatic rings. The first-order valence-electron chi connectivity index (χ1n) is 7.56. The average molecular weight is 340 g/mol. The number of hydrogen-bond donors (Lipinski definition) is 1. The van der Waals surface area contributed by atoms with E-state index in [-0.39, 0.29) is 11.7 Å². The van der Waals surface area contributed by atoms with Gasteiger partial charge in [-0.1, -0.05) is 11.8 Å². The van der Waals surface area contributed by atoms with Crippen LogP contribution in [0.1, 0.15) is 23.2 Å². The molecule has 1 heterocycles. The number of carbonyl (C=O) groups excluding carboxylic acids is 1. The Morgan fingerprint density at radius 1 is 1.33 bits per heavy atom. The van der Waals surface area contributed by atoms with Crippen LogP contribution in [0.15, 0.2) is 29.4 Å². The number of carbonyl (C=O) groups is 1. The van der Waals surface area contributed by atoms with E-state index in [4.69, 9.17) is 5.26 Å². The Morgan fingerprint density at radius 3 is 2.83 bits per heavy atom. The lowest BCUT2D eigenvalue weighted by Gasteiger charge is -2.12. The Kier molecular flexibility index (Phi) is 4.96. The standard InChI is InChI=1S/C17H16N4O2S/c1-23-15(22)10-24-17-20-14-4-2-3-13(14)16(21-17)19-12-7-5-11(9-18)6-8-12/h5-8H,2-4,10H2,1H3,(H,19,20,21). The quantitative estimate of drug-likeness (QED) is 0.508. The van der Waals surface area contributed by atoms with Crippen molar-refractivity contribution in [2.45, 2.75) is 24.4 Å². The Bertz CT molecular complexity index is 799. The van der Waals surface area contributed by atoms with Crippen LogP contribution in [-0.4, -0.2) is 28.8 Å². The van der Waals surface area contributed by atoms with Gasteiger partial charge in [0.2, 0.25) is 0 Å². The Labute approximate surface area is 144 Å². The van der Waals surface area contributed by atoms with Gasteiger partial charge in [-0.25, -0.2) is 9.97 Å². The largest absolute Gasteiger partial charge is 0.468 e. The fourth-order valence-corrected chi connectivity index (χ4v) is 3.22. The van der Waals surface area contributed by atoms with Crippen LogP contribution in [0.25, 0.3) is 0 Å². The zero-order chi connectivity index (χ0) is 16.9. The maximum absolute atomic E-state index is 11.3. The molecule has 1 aromatic carbocycles. The van der Waals surface area contributed by atoms with Gasteiger partial charge >= 0.3 is 5.97 Å². The maximum atomic E-state index is 11.3. The first-order chi connectivity index (χ1) is 11.7. The van der Waals surface area contributed by atoms with Crippen molar-refractivity contribution in [2.75, 3.05) is 18.2 Å². The van der Waals surface area contributed by atoms with E-state index in [1.807, 2.05) is 12.1 Å². The number of nitriles is 1. The second-order valence-corrected chi connectivity index (χ2v) is 6.26. The minimum Gasteiger partial charge on any atom is -0.468 e. The number of thioether (sulfide) groups is 1. The molecule has 0 saturated carbocycles. The van der Waals surface area contributed by atoms with Crippen LogP contribution >= 0.6 is 11.8 Å². The second kappa shape index (κ2) is 7.32. The highest BCUT2D eigenvalue weighted by Crippen LogP contribution is 2.30. The molecule has 0 saturated heterocycles. The highest BCUT2D eigenvalue weighted by molar-refractivity contribution is 7.99. The molecule has 3 rings (SSSR count). The van der Waals surface area contributed by atoms with Crippen LogP contribution in [0.4, 0.5) is 11.5 Å². The van der Waals surface area contributed by atoms with E-state index in [1.165, 1.54) is 18.9 Å². The smallest absolute Gasteiger partial charge is 0.316 e. The summed E-state index contributed by atoms with van der Waals surface area (Å²) >= 11 is 1.27. The lowest BCUT2D eigenvalue weighted by atomic mass is 10.2. The van der Waals surface area contributed by atoms with E-state index in [2.05, 4.69) is 26.1 Å². The van der Waals surface area contributed by atoms with Crippen molar-refractivity contribution in [2.24, 2.45) is 0 Å². The van der Waals surface area contributed by atoms with E-state index in [0.29, 0.717) is 10.7 Å². The van der Waals surface area contributed by atoms with Crippen molar-refractivity contribution in [3.63, 3.8) is 0 Å². The number of esters is 1. The number of methoxy groups -OCH3 is 1. The number of nitrogens with zero attached hydrogens (tertiary/aromatic N) is 3. The monoisotopic (exact) mass is 340 g/mol. The molecular weight excluding hydrogens is 324 g/mol. The molecule has 0 spiro atoms. The molecule has 0 aliphatic heterocycles. The normalized spacial score (nSPS) is 12.3. The van der Waals surface area contributed by atoms with E-state index < -0.39 is 0 Å². The van der Waals surface area contributed by atoms with E-state index in [0.717, 1.165) is 42.0 Å². The molecule has 0 atom stereocenters. The number of anilines is 2. The SMILES string of the molecule is COC(=O)CSc1nc2c(c(Nc3ccc(C#N)cc3)n1)CCC2. The van der Waals surface area contributed by atoms with Crippen LogP contribution in [0.5, 0.6) is 0 Å². The third-order valence-electron chi connectivity index (χ3n) is 3.74. The van der Waals surface area contributed by atoms with Crippen LogP contribution in [-0.2, 0) is 22.4 Å². The van der Waals surface area contributed by atoms with Crippen LogP contribution < -0.4 is 5.32 Å². The van der Waals surface area contributed by atoms with Gasteiger partial charge < -0.3 is 10.1 Å². The molecule has 1 aromatic heterocycles. The molecule has 0 unspecified atom stereocenters. The summed E-state index contributed by atoms with van der Waals surface area (Å²) in [5.41, 5.74) is 3.64. The van der Waals surface area contributed by atoms with E-state index in [9.17, 15) is 4.79 Å². The molecule has 0 amide bonds. The number of rotatable bonds is 5. The summed E-state index contributed by atoms with van der Waals surface area (Å²) in [6, 6.07) is 9.32. The Balaban J connectivity index is 1.84. The molecule has 1 N–H and O–H groups in total. The third kappa shape index (κ3) is 3.66. The van der Waals surface area contributed by atoms with Gasteiger partial charge in [0.15, 0.2) is 5.16 Å². The third-order valence-corrected chi connectivity index (χ3v) is 4.56. The number of fused-ring (bicyclic) bond motifs is 1. The molecule has 1 aliphatic rings. The highest BCUT2D eigenvalue weighted by atomic mass is 32.2. The van der Waals surface area contributed by atoms with Crippen molar-refractivity contribution < 1.29 is 9.53 Å². The Morgan fingerprint density at radius 2 is 2.12 bits per heavy atom. The maximum Gasteiger partial charge on any atom is 0.316 e. The van der Waals surface area contributed by atoms with Gasteiger partial charge in [-0.05, 0) is 43.5 Å². The lowest BCUT2D eigenvalue weighted by Crippen LogP contribution is -2.06. The van der Waals surface area contributed by atoms with E-state index in [1.54, 1.807) is 12.1 Å². The molecule has 1 aliphatic carbocycles. The zero-order valence-corrected chi connectivity index (χ0v) is 14.0. The molecule has 0 bridgehead atoms. The first-order valence-corrected chi connectivity index (χ1v) is 8.54. The summed E-state index contributed by atoms with van der Waals surface area (Å²) in [5.74, 6) is 0.659. The summed E-state index contributed by atoms with van der Waals surface area (Å²) in [5, 5.41) is 12.7. The first kappa shape index (κ1) is 16.3. The summed E-state index contributed by atoms with van der Waals surface area (Å²) in [7, 11) is 1.37. The summed E-state index contributed by atoms with van der Waals surface area (Å²) in [4.78, 5) is 20.4. The summed E-state index contributed by atoms with van der Waals surface area (Å²) in [6.45, 7) is 0. The molecular formula is C17H16N4O2S. The zero-order valence-electron chi connectivity index (χ0n) is 13.2. The Hall–Kier alpha value is -2.59. The number of ether oxygens (including phenoxy) is 1. The average Bonchev–Trinajstić information content (AvgIpc) is 3.09. The topological polar surface area (TPSA) is 87.9 Å². The molecule has 7 heteroatoms. The van der Waals surface area contributed by atoms with Crippen molar-refractivity contribution in [3.05, 3.63) is 41.1 Å². The van der Waals surface area contributed by atoms with Gasteiger partial charge in [0.05, 0.1) is 30.2 Å². The lowest BCUT2D eigenvalue weighted by molar-refractivity contribution is -0.137. The molecule has 6 nitrogen and oxygen atoms in total. The molecule has 0 radical (unpaired) electrons. The van der Waals surface area contributed by atoms with Gasteiger partial charge in [-0.15, -0.1) is 0 Å². The number of benzene rings is 1. The van der Waals surface area contributed by atoms with Crippen molar-refractivity contribution in [3.8, 4) is 6.07 Å². The predicted molar refractivity (Wildman–Crippen MR) is 91.2 cm³/mol. The number of hydrogen-bond acceptors (Lipinski definition) is 7.